The Morgan fingerprint density at radius 1 is 0.800 bits per heavy atom. The molecule has 2 heterocycles. The first-order chi connectivity index (χ1) is 19.1. The van der Waals surface area contributed by atoms with Gasteiger partial charge in [0.1, 0.15) is 0 Å². The van der Waals surface area contributed by atoms with E-state index in [1.54, 1.807) is 6.92 Å². The van der Waals surface area contributed by atoms with Crippen molar-refractivity contribution in [3.8, 4) is 0 Å². The third-order valence-electron chi connectivity index (χ3n) is 9.22. The molecule has 40 heavy (non-hydrogen) atoms. The highest BCUT2D eigenvalue weighted by atomic mass is 16.6. The highest BCUT2D eigenvalue weighted by Gasteiger charge is 2.54. The van der Waals surface area contributed by atoms with Gasteiger partial charge in [-0.1, -0.05) is 74.5 Å². The van der Waals surface area contributed by atoms with Crippen molar-refractivity contribution in [1.29, 1.82) is 0 Å². The number of cyclic esters (lactones) is 2. The summed E-state index contributed by atoms with van der Waals surface area (Å²) in [7, 11) is 4.30. The summed E-state index contributed by atoms with van der Waals surface area (Å²) in [5.74, 6) is -4.41. The number of carbonyl (C=O) groups is 4. The van der Waals surface area contributed by atoms with E-state index in [0.717, 1.165) is 35.1 Å². The van der Waals surface area contributed by atoms with Crippen molar-refractivity contribution in [3.63, 3.8) is 0 Å². The standard InChI is InChI=1S/C33H43N2O5/c1-6-25(23-15-10-8-11-16-23)29-27(30(36)34(31(29)37)19-14-20-35(4,5)7-2)21-26(24-17-12-9-13-18-24)28-22(3)32(38)40-33(28)39/h8-13,15-18,22,25-29H,6-7,14,19-21H2,1-5H3/q+1. The molecule has 2 aromatic carbocycles. The lowest BCUT2D eigenvalue weighted by Gasteiger charge is -2.30. The number of amides is 2. The van der Waals surface area contributed by atoms with Gasteiger partial charge in [-0.15, -0.1) is 0 Å². The van der Waals surface area contributed by atoms with Gasteiger partial charge in [-0.3, -0.25) is 24.1 Å². The minimum Gasteiger partial charge on any atom is -0.393 e. The molecular formula is C33H43N2O5+. The van der Waals surface area contributed by atoms with Gasteiger partial charge in [0, 0.05) is 13.0 Å². The van der Waals surface area contributed by atoms with E-state index in [1.807, 2.05) is 60.7 Å². The van der Waals surface area contributed by atoms with E-state index in [0.29, 0.717) is 19.4 Å². The minimum atomic E-state index is -0.702. The Morgan fingerprint density at radius 3 is 1.88 bits per heavy atom. The number of carbonyl (C=O) groups excluding carboxylic acids is 4. The van der Waals surface area contributed by atoms with Gasteiger partial charge in [-0.2, -0.15) is 0 Å². The molecule has 2 fully saturated rings. The smallest absolute Gasteiger partial charge is 0.318 e. The van der Waals surface area contributed by atoms with E-state index in [9.17, 15) is 19.2 Å². The molecule has 0 aromatic heterocycles. The number of quaternary nitrogens is 1. The number of imide groups is 1. The number of hydrogen-bond acceptors (Lipinski definition) is 5. The number of hydrogen-bond donors (Lipinski definition) is 0. The summed E-state index contributed by atoms with van der Waals surface area (Å²) in [5, 5.41) is 0. The summed E-state index contributed by atoms with van der Waals surface area (Å²) in [4.78, 5) is 55.0. The lowest BCUT2D eigenvalue weighted by molar-refractivity contribution is -0.888. The van der Waals surface area contributed by atoms with Crippen LogP contribution in [-0.2, 0) is 23.9 Å². The van der Waals surface area contributed by atoms with Gasteiger partial charge in [0.25, 0.3) is 0 Å². The van der Waals surface area contributed by atoms with Crippen LogP contribution in [0.3, 0.4) is 0 Å². The second kappa shape index (κ2) is 12.5. The molecule has 4 rings (SSSR count). The SMILES string of the molecule is CCC(c1ccccc1)C1C(=O)N(CCC[N+](C)(C)CC)C(=O)C1CC(c1ccccc1)C1C(=O)OC(=O)C1C. The lowest BCUT2D eigenvalue weighted by Crippen LogP contribution is -2.42. The summed E-state index contributed by atoms with van der Waals surface area (Å²) in [6.07, 6.45) is 1.73. The maximum absolute atomic E-state index is 14.1. The molecule has 0 radical (unpaired) electrons. The fourth-order valence-electron chi connectivity index (χ4n) is 6.53. The van der Waals surface area contributed by atoms with Crippen LogP contribution in [0.5, 0.6) is 0 Å². The molecule has 6 atom stereocenters. The van der Waals surface area contributed by atoms with Crippen molar-refractivity contribution in [2.24, 2.45) is 23.7 Å². The van der Waals surface area contributed by atoms with Crippen LogP contribution in [0.25, 0.3) is 0 Å². The second-order valence-electron chi connectivity index (χ2n) is 12.0. The van der Waals surface area contributed by atoms with E-state index in [2.05, 4.69) is 27.9 Å². The largest absolute Gasteiger partial charge is 0.393 e. The molecule has 2 saturated heterocycles. The Balaban J connectivity index is 1.72. The van der Waals surface area contributed by atoms with Crippen molar-refractivity contribution >= 4 is 23.8 Å². The zero-order valence-electron chi connectivity index (χ0n) is 24.4. The molecule has 2 aromatic rings. The first kappa shape index (κ1) is 29.7. The third-order valence-corrected chi connectivity index (χ3v) is 9.22. The van der Waals surface area contributed by atoms with Crippen molar-refractivity contribution in [2.75, 3.05) is 33.7 Å². The summed E-state index contributed by atoms with van der Waals surface area (Å²) >= 11 is 0. The maximum atomic E-state index is 14.1. The third kappa shape index (κ3) is 6.04. The Labute approximate surface area is 238 Å². The summed E-state index contributed by atoms with van der Waals surface area (Å²) in [6.45, 7) is 8.11. The van der Waals surface area contributed by atoms with Crippen LogP contribution < -0.4 is 0 Å². The van der Waals surface area contributed by atoms with Crippen LogP contribution in [-0.4, -0.2) is 66.9 Å². The number of benzene rings is 2. The average Bonchev–Trinajstić information content (AvgIpc) is 3.34. The summed E-state index contributed by atoms with van der Waals surface area (Å²) in [5.41, 5.74) is 1.91. The van der Waals surface area contributed by atoms with Crippen LogP contribution in [0, 0.1) is 23.7 Å². The number of rotatable bonds is 12. The van der Waals surface area contributed by atoms with Crippen LogP contribution in [0.4, 0.5) is 0 Å². The topological polar surface area (TPSA) is 80.8 Å². The normalized spacial score (nSPS) is 24.9. The van der Waals surface area contributed by atoms with Gasteiger partial charge in [-0.05, 0) is 42.7 Å². The van der Waals surface area contributed by atoms with Gasteiger partial charge in [0.05, 0.1) is 50.9 Å². The van der Waals surface area contributed by atoms with Crippen LogP contribution >= 0.6 is 0 Å². The minimum absolute atomic E-state index is 0.127. The Bertz CT molecular complexity index is 1210. The summed E-state index contributed by atoms with van der Waals surface area (Å²) in [6, 6.07) is 19.5. The van der Waals surface area contributed by atoms with Gasteiger partial charge < -0.3 is 9.22 Å². The molecule has 214 valence electrons. The van der Waals surface area contributed by atoms with Gasteiger partial charge in [0.15, 0.2) is 0 Å². The van der Waals surface area contributed by atoms with Crippen molar-refractivity contribution in [3.05, 3.63) is 71.8 Å². The highest BCUT2D eigenvalue weighted by Crippen LogP contribution is 2.47. The number of ether oxygens (including phenoxy) is 1. The monoisotopic (exact) mass is 547 g/mol. The zero-order chi connectivity index (χ0) is 29.0. The molecule has 0 bridgehead atoms. The molecule has 6 unspecified atom stereocenters. The highest BCUT2D eigenvalue weighted by molar-refractivity contribution is 6.05. The van der Waals surface area contributed by atoms with Crippen molar-refractivity contribution < 1.29 is 28.4 Å². The lowest BCUT2D eigenvalue weighted by atomic mass is 9.70. The first-order valence-electron chi connectivity index (χ1n) is 14.6. The summed E-state index contributed by atoms with van der Waals surface area (Å²) < 4.78 is 5.86. The van der Waals surface area contributed by atoms with Gasteiger partial charge in [-0.25, -0.2) is 0 Å². The second-order valence-corrected chi connectivity index (χ2v) is 12.0. The maximum Gasteiger partial charge on any atom is 0.318 e. The van der Waals surface area contributed by atoms with Crippen LogP contribution in [0.15, 0.2) is 60.7 Å². The van der Waals surface area contributed by atoms with E-state index in [4.69, 9.17) is 4.74 Å². The Kier molecular flexibility index (Phi) is 9.24. The molecule has 0 spiro atoms. The zero-order valence-corrected chi connectivity index (χ0v) is 24.4. The Hall–Kier alpha value is -3.32. The molecule has 2 amide bonds. The molecular weight excluding hydrogens is 504 g/mol. The molecule has 7 heteroatoms. The molecule has 0 saturated carbocycles. The molecule has 2 aliphatic rings. The van der Waals surface area contributed by atoms with E-state index in [1.165, 1.54) is 4.90 Å². The van der Waals surface area contributed by atoms with E-state index < -0.39 is 41.5 Å². The van der Waals surface area contributed by atoms with Crippen molar-refractivity contribution in [2.45, 2.75) is 51.9 Å². The van der Waals surface area contributed by atoms with Crippen LogP contribution in [0.1, 0.15) is 63.0 Å². The first-order valence-corrected chi connectivity index (χ1v) is 14.6. The van der Waals surface area contributed by atoms with E-state index in [-0.39, 0.29) is 17.7 Å². The number of likely N-dealkylation sites (tertiary alicyclic amines) is 1. The van der Waals surface area contributed by atoms with Gasteiger partial charge >= 0.3 is 11.9 Å². The van der Waals surface area contributed by atoms with Crippen molar-refractivity contribution in [1.82, 2.24) is 4.90 Å². The molecule has 0 N–H and O–H groups in total. The van der Waals surface area contributed by atoms with E-state index >= 15 is 0 Å². The molecule has 2 aliphatic heterocycles. The van der Waals surface area contributed by atoms with Gasteiger partial charge in [0.2, 0.25) is 11.8 Å². The van der Waals surface area contributed by atoms with Crippen LogP contribution in [0.2, 0.25) is 0 Å². The quantitative estimate of drug-likeness (QED) is 0.165. The Morgan fingerprint density at radius 2 is 1.38 bits per heavy atom. The molecule has 0 aliphatic carbocycles. The number of nitrogens with zero attached hydrogens (tertiary/aromatic N) is 2. The fraction of sp³-hybridized carbons (Fsp3) is 0.515. The fourth-order valence-corrected chi connectivity index (χ4v) is 6.53. The molecule has 7 nitrogen and oxygen atoms in total. The average molecular weight is 548 g/mol. The predicted octanol–water partition coefficient (Wildman–Crippen LogP) is 4.78. The predicted molar refractivity (Wildman–Crippen MR) is 153 cm³/mol. The number of esters is 2.